The van der Waals surface area contributed by atoms with Crippen LogP contribution in [0.25, 0.3) is 10.6 Å². The van der Waals surface area contributed by atoms with Gasteiger partial charge in [-0.2, -0.15) is 0 Å². The number of hydrogen-bond donors (Lipinski definition) is 1. The van der Waals surface area contributed by atoms with Crippen LogP contribution in [-0.4, -0.2) is 25.1 Å². The molecule has 1 N–H and O–H groups in total. The van der Waals surface area contributed by atoms with Crippen LogP contribution in [0.3, 0.4) is 0 Å². The maximum Gasteiger partial charge on any atom is 0.230 e. The Morgan fingerprint density at radius 1 is 1.15 bits per heavy atom. The van der Waals surface area contributed by atoms with Crippen LogP contribution < -0.4 is 14.8 Å². The first kappa shape index (κ1) is 18.4. The van der Waals surface area contributed by atoms with Gasteiger partial charge in [-0.05, 0) is 46.3 Å². The summed E-state index contributed by atoms with van der Waals surface area (Å²) in [6, 6.07) is 13.1. The van der Waals surface area contributed by atoms with Crippen LogP contribution in [0.2, 0.25) is 0 Å². The minimum absolute atomic E-state index is 0.110. The summed E-state index contributed by atoms with van der Waals surface area (Å²) in [6.45, 7) is 0. The molecule has 2 aromatic carbocycles. The van der Waals surface area contributed by atoms with E-state index in [2.05, 4.69) is 26.2 Å². The minimum atomic E-state index is -0.110. The van der Waals surface area contributed by atoms with Crippen molar-refractivity contribution >= 4 is 38.9 Å². The Hall–Kier alpha value is -2.38. The Labute approximate surface area is 164 Å². The van der Waals surface area contributed by atoms with Gasteiger partial charge in [-0.1, -0.05) is 12.1 Å². The van der Waals surface area contributed by atoms with Crippen molar-refractivity contribution in [3.05, 3.63) is 58.0 Å². The molecule has 0 aliphatic carbocycles. The SMILES string of the molecule is COc1ccc(-c2nc(CC(=O)Nc3ccccc3Br)cs2)cc1OC. The van der Waals surface area contributed by atoms with Gasteiger partial charge >= 0.3 is 0 Å². The molecule has 0 unspecified atom stereocenters. The summed E-state index contributed by atoms with van der Waals surface area (Å²) < 4.78 is 11.4. The smallest absolute Gasteiger partial charge is 0.230 e. The van der Waals surface area contributed by atoms with Gasteiger partial charge in [0.15, 0.2) is 11.5 Å². The molecule has 1 amide bonds. The number of anilines is 1. The summed E-state index contributed by atoms with van der Waals surface area (Å²) in [5.74, 6) is 1.20. The van der Waals surface area contributed by atoms with Crippen molar-refractivity contribution in [3.63, 3.8) is 0 Å². The number of nitrogens with zero attached hydrogens (tertiary/aromatic N) is 1. The zero-order valence-corrected chi connectivity index (χ0v) is 16.7. The van der Waals surface area contributed by atoms with Gasteiger partial charge < -0.3 is 14.8 Å². The summed E-state index contributed by atoms with van der Waals surface area (Å²) in [5, 5.41) is 5.61. The third-order valence-electron chi connectivity index (χ3n) is 3.67. The Morgan fingerprint density at radius 3 is 2.65 bits per heavy atom. The van der Waals surface area contributed by atoms with Crippen molar-refractivity contribution < 1.29 is 14.3 Å². The van der Waals surface area contributed by atoms with Crippen LogP contribution in [-0.2, 0) is 11.2 Å². The number of carbonyl (C=O) groups is 1. The van der Waals surface area contributed by atoms with Crippen molar-refractivity contribution in [2.45, 2.75) is 6.42 Å². The lowest BCUT2D eigenvalue weighted by Crippen LogP contribution is -2.14. The highest BCUT2D eigenvalue weighted by molar-refractivity contribution is 9.10. The van der Waals surface area contributed by atoms with Gasteiger partial charge in [0, 0.05) is 15.4 Å². The summed E-state index contributed by atoms with van der Waals surface area (Å²) in [4.78, 5) is 16.8. The number of benzene rings is 2. The number of rotatable bonds is 6. The lowest BCUT2D eigenvalue weighted by molar-refractivity contribution is -0.115. The van der Waals surface area contributed by atoms with E-state index >= 15 is 0 Å². The average Bonchev–Trinajstić information content (AvgIpc) is 3.11. The van der Waals surface area contributed by atoms with Crippen LogP contribution >= 0.6 is 27.3 Å². The highest BCUT2D eigenvalue weighted by atomic mass is 79.9. The molecule has 1 aromatic heterocycles. The molecule has 3 rings (SSSR count). The summed E-state index contributed by atoms with van der Waals surface area (Å²) in [6.07, 6.45) is 0.213. The third kappa shape index (κ3) is 4.23. The molecule has 134 valence electrons. The van der Waals surface area contributed by atoms with Crippen LogP contribution in [0, 0.1) is 0 Å². The third-order valence-corrected chi connectivity index (χ3v) is 5.30. The molecule has 0 radical (unpaired) electrons. The van der Waals surface area contributed by atoms with E-state index in [1.54, 1.807) is 14.2 Å². The maximum absolute atomic E-state index is 12.3. The Morgan fingerprint density at radius 2 is 1.92 bits per heavy atom. The van der Waals surface area contributed by atoms with Crippen molar-refractivity contribution in [1.29, 1.82) is 0 Å². The molecule has 7 heteroatoms. The lowest BCUT2D eigenvalue weighted by atomic mass is 10.2. The first-order valence-corrected chi connectivity index (χ1v) is 9.49. The number of methoxy groups -OCH3 is 2. The number of carbonyl (C=O) groups excluding carboxylic acids is 1. The average molecular weight is 433 g/mol. The lowest BCUT2D eigenvalue weighted by Gasteiger charge is -2.08. The Kier molecular flexibility index (Phi) is 5.90. The quantitative estimate of drug-likeness (QED) is 0.609. The van der Waals surface area contributed by atoms with Gasteiger partial charge in [0.2, 0.25) is 5.91 Å². The fourth-order valence-corrected chi connectivity index (χ4v) is 3.61. The molecule has 0 aliphatic heterocycles. The van der Waals surface area contributed by atoms with E-state index in [0.29, 0.717) is 11.5 Å². The minimum Gasteiger partial charge on any atom is -0.493 e. The van der Waals surface area contributed by atoms with Crippen molar-refractivity contribution in [1.82, 2.24) is 4.98 Å². The molecule has 1 heterocycles. The molecule has 0 aliphatic rings. The fraction of sp³-hybridized carbons (Fsp3) is 0.158. The van der Waals surface area contributed by atoms with E-state index in [-0.39, 0.29) is 12.3 Å². The van der Waals surface area contributed by atoms with Gasteiger partial charge in [-0.15, -0.1) is 11.3 Å². The number of thiazole rings is 1. The molecule has 5 nitrogen and oxygen atoms in total. The molecule has 0 bridgehead atoms. The van der Waals surface area contributed by atoms with Crippen LogP contribution in [0.15, 0.2) is 52.3 Å². The summed E-state index contributed by atoms with van der Waals surface area (Å²) in [7, 11) is 3.20. The van der Waals surface area contributed by atoms with Gasteiger partial charge in [0.25, 0.3) is 0 Å². The van der Waals surface area contributed by atoms with Gasteiger partial charge in [0.05, 0.1) is 32.0 Å². The topological polar surface area (TPSA) is 60.5 Å². The molecule has 0 saturated carbocycles. The van der Waals surface area contributed by atoms with E-state index in [1.807, 2.05) is 47.8 Å². The largest absolute Gasteiger partial charge is 0.493 e. The second-order valence-corrected chi connectivity index (χ2v) is 7.13. The second-order valence-electron chi connectivity index (χ2n) is 5.42. The number of hydrogen-bond acceptors (Lipinski definition) is 5. The fourth-order valence-electron chi connectivity index (χ4n) is 2.41. The summed E-state index contributed by atoms with van der Waals surface area (Å²) in [5.41, 5.74) is 2.39. The molecular formula is C19H17BrN2O3S. The van der Waals surface area contributed by atoms with E-state index in [0.717, 1.165) is 26.4 Å². The zero-order chi connectivity index (χ0) is 18.5. The first-order valence-electron chi connectivity index (χ1n) is 7.82. The molecular weight excluding hydrogens is 416 g/mol. The standard InChI is InChI=1S/C19H17BrN2O3S/c1-24-16-8-7-12(9-17(16)25-2)19-21-13(11-26-19)10-18(23)22-15-6-4-3-5-14(15)20/h3-9,11H,10H2,1-2H3,(H,22,23). The monoisotopic (exact) mass is 432 g/mol. The van der Waals surface area contributed by atoms with E-state index < -0.39 is 0 Å². The number of halogens is 1. The first-order chi connectivity index (χ1) is 12.6. The second kappa shape index (κ2) is 8.33. The maximum atomic E-state index is 12.3. The van der Waals surface area contributed by atoms with Gasteiger partial charge in [-0.25, -0.2) is 4.98 Å². The predicted molar refractivity (Wildman–Crippen MR) is 107 cm³/mol. The summed E-state index contributed by atoms with van der Waals surface area (Å²) >= 11 is 4.91. The molecule has 0 spiro atoms. The number of nitrogens with one attached hydrogen (secondary N) is 1. The number of ether oxygens (including phenoxy) is 2. The molecule has 0 saturated heterocycles. The van der Waals surface area contributed by atoms with E-state index in [4.69, 9.17) is 9.47 Å². The number of amides is 1. The normalized spacial score (nSPS) is 10.4. The zero-order valence-electron chi connectivity index (χ0n) is 14.3. The van der Waals surface area contributed by atoms with Crippen LogP contribution in [0.5, 0.6) is 11.5 Å². The van der Waals surface area contributed by atoms with Crippen LogP contribution in [0.1, 0.15) is 5.69 Å². The highest BCUT2D eigenvalue weighted by Gasteiger charge is 2.12. The molecule has 3 aromatic rings. The Bertz CT molecular complexity index is 927. The van der Waals surface area contributed by atoms with Gasteiger partial charge in [0.1, 0.15) is 5.01 Å². The predicted octanol–water partition coefficient (Wildman–Crippen LogP) is 4.77. The van der Waals surface area contributed by atoms with Crippen LogP contribution in [0.4, 0.5) is 5.69 Å². The highest BCUT2D eigenvalue weighted by Crippen LogP contribution is 2.33. The number of aromatic nitrogens is 1. The van der Waals surface area contributed by atoms with Crippen molar-refractivity contribution in [3.8, 4) is 22.1 Å². The van der Waals surface area contributed by atoms with Crippen molar-refractivity contribution in [2.75, 3.05) is 19.5 Å². The molecule has 0 fully saturated rings. The molecule has 0 atom stereocenters. The number of para-hydroxylation sites is 1. The molecule has 26 heavy (non-hydrogen) atoms. The van der Waals surface area contributed by atoms with Gasteiger partial charge in [-0.3, -0.25) is 4.79 Å². The van der Waals surface area contributed by atoms with E-state index in [9.17, 15) is 4.79 Å². The van der Waals surface area contributed by atoms with Crippen molar-refractivity contribution in [2.24, 2.45) is 0 Å². The Balaban J connectivity index is 1.72. The van der Waals surface area contributed by atoms with E-state index in [1.165, 1.54) is 11.3 Å².